The molecule has 2 N–H and O–H groups in total. The predicted octanol–water partition coefficient (Wildman–Crippen LogP) is 0.786. The molecule has 0 spiro atoms. The molecule has 0 saturated heterocycles. The first-order chi connectivity index (χ1) is 8.81. The van der Waals surface area contributed by atoms with Gasteiger partial charge in [-0.3, -0.25) is 0 Å². The zero-order valence-electron chi connectivity index (χ0n) is 10.4. The minimum absolute atomic E-state index is 0.0229. The van der Waals surface area contributed by atoms with Crippen molar-refractivity contribution in [1.82, 2.24) is 4.72 Å². The van der Waals surface area contributed by atoms with Gasteiger partial charge in [-0.25, -0.2) is 17.9 Å². The summed E-state index contributed by atoms with van der Waals surface area (Å²) >= 11 is 5.82. The number of sulfonamides is 1. The van der Waals surface area contributed by atoms with Crippen molar-refractivity contribution in [3.05, 3.63) is 28.8 Å². The molecule has 0 aliphatic carbocycles. The number of nitrogens with one attached hydrogen (secondary N) is 1. The highest BCUT2D eigenvalue weighted by Crippen LogP contribution is 2.23. The van der Waals surface area contributed by atoms with Crippen molar-refractivity contribution in [3.63, 3.8) is 0 Å². The van der Waals surface area contributed by atoms with Gasteiger partial charge in [0, 0.05) is 6.04 Å². The van der Waals surface area contributed by atoms with Crippen LogP contribution in [0.5, 0.6) is 0 Å². The number of rotatable bonds is 5. The highest BCUT2D eigenvalue weighted by molar-refractivity contribution is 7.89. The number of carbonyl (C=O) groups excluding carboxylic acids is 1. The number of benzene rings is 1. The first-order valence-corrected chi connectivity index (χ1v) is 7.19. The summed E-state index contributed by atoms with van der Waals surface area (Å²) in [7, 11) is -2.72. The zero-order valence-corrected chi connectivity index (χ0v) is 12.0. The molecule has 0 aromatic heterocycles. The summed E-state index contributed by atoms with van der Waals surface area (Å²) < 4.78 is 30.8. The Morgan fingerprint density at radius 1 is 1.53 bits per heavy atom. The third-order valence-electron chi connectivity index (χ3n) is 2.27. The van der Waals surface area contributed by atoms with Crippen LogP contribution >= 0.6 is 11.6 Å². The third-order valence-corrected chi connectivity index (χ3v) is 4.34. The second-order valence-corrected chi connectivity index (χ2v) is 5.93. The Labute approximate surface area is 116 Å². The normalized spacial score (nSPS) is 13.1. The molecule has 1 unspecified atom stereocenters. The number of ether oxygens (including phenoxy) is 1. The van der Waals surface area contributed by atoms with Crippen molar-refractivity contribution in [2.75, 3.05) is 13.7 Å². The van der Waals surface area contributed by atoms with Crippen LogP contribution in [0.2, 0.25) is 5.02 Å². The van der Waals surface area contributed by atoms with Crippen LogP contribution in [0.25, 0.3) is 0 Å². The number of hydrogen-bond donors (Lipinski definition) is 2. The molecule has 0 aliphatic rings. The summed E-state index contributed by atoms with van der Waals surface area (Å²) in [4.78, 5) is 11.1. The first kappa shape index (κ1) is 15.9. The molecule has 0 bridgehead atoms. The van der Waals surface area contributed by atoms with Gasteiger partial charge < -0.3 is 9.84 Å². The van der Waals surface area contributed by atoms with Crippen molar-refractivity contribution in [2.24, 2.45) is 0 Å². The van der Waals surface area contributed by atoms with Crippen LogP contribution in [0.3, 0.4) is 0 Å². The standard InChI is InChI=1S/C11H14ClNO5S/c1-7(6-14)13-19(16,17)10-5-8(11(15)18-2)3-4-9(10)12/h3-5,7,13-14H,6H2,1-2H3. The van der Waals surface area contributed by atoms with E-state index in [0.29, 0.717) is 0 Å². The van der Waals surface area contributed by atoms with Crippen LogP contribution in [-0.4, -0.2) is 39.3 Å². The molecule has 0 aliphatic heterocycles. The molecule has 1 rings (SSSR count). The van der Waals surface area contributed by atoms with Gasteiger partial charge in [0.05, 0.1) is 24.3 Å². The van der Waals surface area contributed by atoms with E-state index in [9.17, 15) is 13.2 Å². The monoisotopic (exact) mass is 307 g/mol. The number of hydrogen-bond acceptors (Lipinski definition) is 5. The first-order valence-electron chi connectivity index (χ1n) is 5.33. The fourth-order valence-electron chi connectivity index (χ4n) is 1.32. The average molecular weight is 308 g/mol. The molecule has 8 heteroatoms. The fourth-order valence-corrected chi connectivity index (χ4v) is 3.08. The van der Waals surface area contributed by atoms with Crippen LogP contribution in [0.1, 0.15) is 17.3 Å². The molecule has 1 atom stereocenters. The minimum Gasteiger partial charge on any atom is -0.465 e. The number of aliphatic hydroxyl groups is 1. The molecule has 1 aromatic carbocycles. The molecule has 106 valence electrons. The van der Waals surface area contributed by atoms with Crippen molar-refractivity contribution in [3.8, 4) is 0 Å². The van der Waals surface area contributed by atoms with Crippen molar-refractivity contribution < 1.29 is 23.1 Å². The molecule has 0 amide bonds. The van der Waals surface area contributed by atoms with Gasteiger partial charge in [-0.2, -0.15) is 0 Å². The Morgan fingerprint density at radius 2 is 2.16 bits per heavy atom. The summed E-state index contributed by atoms with van der Waals surface area (Å²) in [5, 5.41) is 8.84. The zero-order chi connectivity index (χ0) is 14.6. The maximum Gasteiger partial charge on any atom is 0.337 e. The topological polar surface area (TPSA) is 92.7 Å². The van der Waals surface area contributed by atoms with E-state index < -0.39 is 22.0 Å². The van der Waals surface area contributed by atoms with Gasteiger partial charge in [0.1, 0.15) is 4.90 Å². The van der Waals surface area contributed by atoms with Gasteiger partial charge in [-0.1, -0.05) is 11.6 Å². The summed E-state index contributed by atoms with van der Waals surface area (Å²) in [6.07, 6.45) is 0. The van der Waals surface area contributed by atoms with E-state index in [0.717, 1.165) is 6.07 Å². The Kier molecular flexibility index (Phi) is 5.30. The smallest absolute Gasteiger partial charge is 0.337 e. The van der Waals surface area contributed by atoms with Crippen LogP contribution in [0.4, 0.5) is 0 Å². The van der Waals surface area contributed by atoms with E-state index in [1.165, 1.54) is 26.2 Å². The molecule has 0 heterocycles. The fraction of sp³-hybridized carbons (Fsp3) is 0.364. The highest BCUT2D eigenvalue weighted by atomic mass is 35.5. The molecular weight excluding hydrogens is 294 g/mol. The maximum absolute atomic E-state index is 12.0. The van der Waals surface area contributed by atoms with E-state index in [1.54, 1.807) is 0 Å². The van der Waals surface area contributed by atoms with E-state index in [2.05, 4.69) is 9.46 Å². The van der Waals surface area contributed by atoms with E-state index in [-0.39, 0.29) is 22.1 Å². The minimum atomic E-state index is -3.92. The van der Waals surface area contributed by atoms with E-state index in [4.69, 9.17) is 16.7 Å². The SMILES string of the molecule is COC(=O)c1ccc(Cl)c(S(=O)(=O)NC(C)CO)c1. The number of aliphatic hydroxyl groups excluding tert-OH is 1. The largest absolute Gasteiger partial charge is 0.465 e. The third kappa shape index (κ3) is 3.90. The van der Waals surface area contributed by atoms with Crippen molar-refractivity contribution in [1.29, 1.82) is 0 Å². The lowest BCUT2D eigenvalue weighted by Gasteiger charge is -2.13. The second-order valence-electron chi connectivity index (χ2n) is 3.84. The quantitative estimate of drug-likeness (QED) is 0.784. The number of methoxy groups -OCH3 is 1. The molecular formula is C11H14ClNO5S. The van der Waals surface area contributed by atoms with E-state index in [1.807, 2.05) is 0 Å². The number of halogens is 1. The van der Waals surface area contributed by atoms with Gasteiger partial charge in [0.2, 0.25) is 10.0 Å². The number of esters is 1. The molecule has 0 saturated carbocycles. The predicted molar refractivity (Wildman–Crippen MR) is 69.7 cm³/mol. The molecule has 0 fully saturated rings. The Bertz CT molecular complexity index is 572. The molecule has 6 nitrogen and oxygen atoms in total. The average Bonchev–Trinajstić information content (AvgIpc) is 2.37. The van der Waals surface area contributed by atoms with E-state index >= 15 is 0 Å². The van der Waals surface area contributed by atoms with Gasteiger partial charge in [0.25, 0.3) is 0 Å². The molecule has 1 aromatic rings. The summed E-state index contributed by atoms with van der Waals surface area (Å²) in [6.45, 7) is 1.14. The highest BCUT2D eigenvalue weighted by Gasteiger charge is 2.22. The Hall–Kier alpha value is -1.15. The van der Waals surface area contributed by atoms with Crippen LogP contribution < -0.4 is 4.72 Å². The van der Waals surface area contributed by atoms with Crippen molar-refractivity contribution in [2.45, 2.75) is 17.9 Å². The van der Waals surface area contributed by atoms with Crippen LogP contribution in [-0.2, 0) is 14.8 Å². The molecule has 0 radical (unpaired) electrons. The van der Waals surface area contributed by atoms with Gasteiger partial charge in [0.15, 0.2) is 0 Å². The lowest BCUT2D eigenvalue weighted by Crippen LogP contribution is -2.35. The maximum atomic E-state index is 12.0. The second kappa shape index (κ2) is 6.33. The molecule has 19 heavy (non-hydrogen) atoms. The Morgan fingerprint density at radius 3 is 2.68 bits per heavy atom. The summed E-state index contributed by atoms with van der Waals surface area (Å²) in [5.41, 5.74) is 0.0731. The lowest BCUT2D eigenvalue weighted by atomic mass is 10.2. The van der Waals surface area contributed by atoms with Crippen molar-refractivity contribution >= 4 is 27.6 Å². The van der Waals surface area contributed by atoms with Gasteiger partial charge in [-0.05, 0) is 25.1 Å². The van der Waals surface area contributed by atoms with Gasteiger partial charge >= 0.3 is 5.97 Å². The number of carbonyl (C=O) groups is 1. The summed E-state index contributed by atoms with van der Waals surface area (Å²) in [5.74, 6) is -0.664. The van der Waals surface area contributed by atoms with Crippen LogP contribution in [0.15, 0.2) is 23.1 Å². The Balaban J connectivity index is 3.22. The van der Waals surface area contributed by atoms with Crippen LogP contribution in [0, 0.1) is 0 Å². The lowest BCUT2D eigenvalue weighted by molar-refractivity contribution is 0.0600. The summed E-state index contributed by atoms with van der Waals surface area (Å²) in [6, 6.07) is 3.12. The van der Waals surface area contributed by atoms with Gasteiger partial charge in [-0.15, -0.1) is 0 Å².